The van der Waals surface area contributed by atoms with Crippen LogP contribution in [0.2, 0.25) is 0 Å². The molecule has 1 aliphatic carbocycles. The maximum Gasteiger partial charge on any atom is 0.320 e. The van der Waals surface area contributed by atoms with Crippen molar-refractivity contribution in [3.05, 3.63) is 5.56 Å². The van der Waals surface area contributed by atoms with Gasteiger partial charge >= 0.3 is 6.01 Å². The molecule has 0 bridgehead atoms. The summed E-state index contributed by atoms with van der Waals surface area (Å²) in [6, 6.07) is 1.15. The molecule has 2 fully saturated rings. The van der Waals surface area contributed by atoms with E-state index < -0.39 is 0 Å². The van der Waals surface area contributed by atoms with Crippen LogP contribution in [0, 0.1) is 5.92 Å². The van der Waals surface area contributed by atoms with Crippen molar-refractivity contribution in [1.29, 1.82) is 0 Å². The number of anilines is 2. The summed E-state index contributed by atoms with van der Waals surface area (Å²) in [7, 11) is 0. The summed E-state index contributed by atoms with van der Waals surface area (Å²) in [5.74, 6) is 1.96. The molecule has 1 saturated heterocycles. The first kappa shape index (κ1) is 23.3. The van der Waals surface area contributed by atoms with Crippen LogP contribution < -0.4 is 15.4 Å². The van der Waals surface area contributed by atoms with Gasteiger partial charge in [0.2, 0.25) is 5.91 Å². The van der Waals surface area contributed by atoms with Gasteiger partial charge in [0.15, 0.2) is 0 Å². The molecule has 4 rings (SSSR count). The van der Waals surface area contributed by atoms with E-state index in [0.29, 0.717) is 37.2 Å². The minimum atomic E-state index is 0.0764. The topological polar surface area (TPSA) is 84.6 Å². The minimum absolute atomic E-state index is 0.0764. The first-order valence-electron chi connectivity index (χ1n) is 13.0. The summed E-state index contributed by atoms with van der Waals surface area (Å²) in [6.45, 7) is 5.95. The van der Waals surface area contributed by atoms with Crippen molar-refractivity contribution in [1.82, 2.24) is 14.9 Å². The predicted octanol–water partition coefficient (Wildman–Crippen LogP) is 4.34. The number of carbonyl (C=O) groups excluding carboxylic acids is 1. The van der Waals surface area contributed by atoms with Crippen LogP contribution in [-0.2, 0) is 11.2 Å². The average Bonchev–Trinajstić information content (AvgIpc) is 3.14. The van der Waals surface area contributed by atoms with Crippen LogP contribution in [-0.4, -0.2) is 53.1 Å². The molecule has 0 atom stereocenters. The molecule has 0 aromatic carbocycles. The number of nitrogens with two attached hydrogens (primary N) is 1. The number of ether oxygens (including phenoxy) is 1. The van der Waals surface area contributed by atoms with E-state index in [4.69, 9.17) is 10.5 Å². The molecule has 1 amide bonds. The van der Waals surface area contributed by atoms with E-state index >= 15 is 0 Å². The number of hydrogen-bond acceptors (Lipinski definition) is 6. The highest BCUT2D eigenvalue weighted by Gasteiger charge is 2.32. The lowest BCUT2D eigenvalue weighted by Crippen LogP contribution is -2.42. The number of carbonyl (C=O) groups is 1. The Balaban J connectivity index is 1.21. The van der Waals surface area contributed by atoms with Gasteiger partial charge in [-0.2, -0.15) is 9.97 Å². The monoisotopic (exact) mass is 443 g/mol. The third-order valence-corrected chi connectivity index (χ3v) is 7.59. The van der Waals surface area contributed by atoms with Crippen LogP contribution in [0.4, 0.5) is 11.6 Å². The summed E-state index contributed by atoms with van der Waals surface area (Å²) < 4.78 is 5.65. The molecule has 3 heterocycles. The first-order valence-corrected chi connectivity index (χ1v) is 13.0. The van der Waals surface area contributed by atoms with E-state index in [1.807, 2.05) is 0 Å². The van der Waals surface area contributed by atoms with E-state index in [-0.39, 0.29) is 5.91 Å². The number of aromatic nitrogens is 2. The largest absolute Gasteiger partial charge is 0.463 e. The predicted molar refractivity (Wildman–Crippen MR) is 128 cm³/mol. The number of fused-ring (bicyclic) bond motifs is 1. The van der Waals surface area contributed by atoms with E-state index in [1.165, 1.54) is 64.5 Å². The highest BCUT2D eigenvalue weighted by molar-refractivity contribution is 6.01. The van der Waals surface area contributed by atoms with Crippen LogP contribution in [0.15, 0.2) is 0 Å². The van der Waals surface area contributed by atoms with E-state index in [9.17, 15) is 4.79 Å². The van der Waals surface area contributed by atoms with Crippen molar-refractivity contribution < 1.29 is 9.53 Å². The van der Waals surface area contributed by atoms with Gasteiger partial charge in [0.25, 0.3) is 0 Å². The Hall–Kier alpha value is -1.89. The molecule has 0 spiro atoms. The molecule has 178 valence electrons. The van der Waals surface area contributed by atoms with Crippen LogP contribution in [0.5, 0.6) is 6.01 Å². The fourth-order valence-corrected chi connectivity index (χ4v) is 5.58. The van der Waals surface area contributed by atoms with Gasteiger partial charge in [-0.3, -0.25) is 9.69 Å². The average molecular weight is 444 g/mol. The number of nitrogens with zero attached hydrogens (tertiary/aromatic N) is 4. The fraction of sp³-hybridized carbons (Fsp3) is 0.800. The van der Waals surface area contributed by atoms with Gasteiger partial charge in [0.1, 0.15) is 11.6 Å². The van der Waals surface area contributed by atoms with Crippen LogP contribution in [0.3, 0.4) is 0 Å². The first-order chi connectivity index (χ1) is 15.7. The zero-order valence-corrected chi connectivity index (χ0v) is 19.9. The molecule has 1 aromatic heterocycles. The molecule has 7 nitrogen and oxygen atoms in total. The van der Waals surface area contributed by atoms with Gasteiger partial charge in [0.05, 0.1) is 13.0 Å². The lowest BCUT2D eigenvalue weighted by molar-refractivity contribution is -0.117. The molecule has 0 unspecified atom stereocenters. The summed E-state index contributed by atoms with van der Waals surface area (Å²) in [5, 5.41) is 0. The smallest absolute Gasteiger partial charge is 0.320 e. The van der Waals surface area contributed by atoms with Crippen molar-refractivity contribution in [3.8, 4) is 6.01 Å². The second-order valence-electron chi connectivity index (χ2n) is 9.88. The Bertz CT molecular complexity index is 757. The molecule has 2 aliphatic heterocycles. The van der Waals surface area contributed by atoms with Gasteiger partial charge in [-0.05, 0) is 57.5 Å². The number of likely N-dealkylation sites (tertiary alicyclic amines) is 1. The zero-order chi connectivity index (χ0) is 22.3. The highest BCUT2D eigenvalue weighted by Crippen LogP contribution is 2.33. The fourth-order valence-electron chi connectivity index (χ4n) is 5.58. The van der Waals surface area contributed by atoms with Crippen LogP contribution in [0.1, 0.15) is 89.5 Å². The SMILES string of the molecule is CCCCOc1nc(N)c2c(n1)N(CCCCC1CCN(C3CCCCC3)CC1)C(=O)C2. The lowest BCUT2D eigenvalue weighted by atomic mass is 9.88. The Kier molecular flexibility index (Phi) is 8.22. The number of hydrogen-bond donors (Lipinski definition) is 1. The van der Waals surface area contributed by atoms with E-state index in [1.54, 1.807) is 4.90 Å². The van der Waals surface area contributed by atoms with Gasteiger partial charge in [-0.15, -0.1) is 0 Å². The van der Waals surface area contributed by atoms with Crippen molar-refractivity contribution in [2.45, 2.75) is 96.4 Å². The quantitative estimate of drug-likeness (QED) is 0.542. The van der Waals surface area contributed by atoms with Crippen molar-refractivity contribution in [2.75, 3.05) is 36.9 Å². The molecule has 7 heteroatoms. The Morgan fingerprint density at radius 3 is 2.56 bits per heavy atom. The van der Waals surface area contributed by atoms with E-state index in [2.05, 4.69) is 21.8 Å². The zero-order valence-electron chi connectivity index (χ0n) is 19.9. The Morgan fingerprint density at radius 1 is 1.03 bits per heavy atom. The van der Waals surface area contributed by atoms with Crippen LogP contribution >= 0.6 is 0 Å². The molecule has 1 aromatic rings. The number of piperidine rings is 1. The molecule has 2 N–H and O–H groups in total. The third kappa shape index (κ3) is 5.72. The van der Waals surface area contributed by atoms with Crippen molar-refractivity contribution in [2.24, 2.45) is 5.92 Å². The van der Waals surface area contributed by atoms with Crippen molar-refractivity contribution in [3.63, 3.8) is 0 Å². The molecule has 0 radical (unpaired) electrons. The second-order valence-corrected chi connectivity index (χ2v) is 9.88. The highest BCUT2D eigenvalue weighted by atomic mass is 16.5. The molecular formula is C25H41N5O2. The standard InChI is InChI=1S/C25H41N5O2/c1-2-3-17-32-25-27-23(26)21-18-22(31)30(24(21)28-25)14-8-7-9-19-12-15-29(16-13-19)20-10-5-4-6-11-20/h19-20H,2-18H2,1H3,(H2,26,27,28). The van der Waals surface area contributed by atoms with Gasteiger partial charge in [0, 0.05) is 18.2 Å². The summed E-state index contributed by atoms with van der Waals surface area (Å²) in [4.78, 5) is 25.9. The number of unbranched alkanes of at least 4 members (excludes halogenated alkanes) is 2. The molecule has 3 aliphatic rings. The van der Waals surface area contributed by atoms with Gasteiger partial charge in [-0.25, -0.2) is 0 Å². The molecular weight excluding hydrogens is 402 g/mol. The summed E-state index contributed by atoms with van der Waals surface area (Å²) in [6.07, 6.45) is 15.5. The van der Waals surface area contributed by atoms with Gasteiger partial charge in [-0.1, -0.05) is 45.4 Å². The van der Waals surface area contributed by atoms with Crippen LogP contribution in [0.25, 0.3) is 0 Å². The minimum Gasteiger partial charge on any atom is -0.463 e. The number of rotatable bonds is 10. The Labute approximate surface area is 193 Å². The number of nitrogen functional groups attached to an aromatic ring is 1. The summed E-state index contributed by atoms with van der Waals surface area (Å²) >= 11 is 0. The van der Waals surface area contributed by atoms with Gasteiger partial charge < -0.3 is 15.4 Å². The normalized spacial score (nSPS) is 20.7. The molecule has 32 heavy (non-hydrogen) atoms. The summed E-state index contributed by atoms with van der Waals surface area (Å²) in [5.41, 5.74) is 6.86. The molecule has 1 saturated carbocycles. The third-order valence-electron chi connectivity index (χ3n) is 7.59. The maximum atomic E-state index is 12.6. The Morgan fingerprint density at radius 2 is 1.81 bits per heavy atom. The van der Waals surface area contributed by atoms with Crippen molar-refractivity contribution >= 4 is 17.5 Å². The lowest BCUT2D eigenvalue weighted by Gasteiger charge is -2.39. The maximum absolute atomic E-state index is 12.6. The van der Waals surface area contributed by atoms with E-state index in [0.717, 1.165) is 43.2 Å². The second kappa shape index (κ2) is 11.3. The number of amides is 1.